The Bertz CT molecular complexity index is 781. The first-order valence-electron chi connectivity index (χ1n) is 8.79. The van der Waals surface area contributed by atoms with Crippen LogP contribution >= 0.6 is 15.9 Å². The SMILES string of the molecule is Fc1ccccc1CN1CCC(Nc2ccc(Br)cc2)CC1.O=C(O)C(=O)O. The minimum atomic E-state index is -1.82. The summed E-state index contributed by atoms with van der Waals surface area (Å²) in [6.07, 6.45) is 2.18. The van der Waals surface area contributed by atoms with E-state index in [1.165, 1.54) is 6.07 Å². The zero-order chi connectivity index (χ0) is 20.5. The van der Waals surface area contributed by atoms with Gasteiger partial charge in [-0.1, -0.05) is 34.1 Å². The van der Waals surface area contributed by atoms with Crippen LogP contribution in [0.15, 0.2) is 53.0 Å². The molecule has 150 valence electrons. The molecule has 0 radical (unpaired) electrons. The first-order chi connectivity index (χ1) is 13.3. The normalized spacial score (nSPS) is 14.6. The third kappa shape index (κ3) is 7.28. The van der Waals surface area contributed by atoms with Crippen molar-refractivity contribution in [2.24, 2.45) is 0 Å². The number of carbonyl (C=O) groups is 2. The molecule has 2 aromatic carbocycles. The molecule has 2 aromatic rings. The average Bonchev–Trinajstić information content (AvgIpc) is 2.67. The summed E-state index contributed by atoms with van der Waals surface area (Å²) in [4.78, 5) is 20.5. The van der Waals surface area contributed by atoms with Gasteiger partial charge in [0.25, 0.3) is 0 Å². The van der Waals surface area contributed by atoms with Crippen LogP contribution in [-0.4, -0.2) is 46.2 Å². The number of carboxylic acid groups (broad SMARTS) is 2. The van der Waals surface area contributed by atoms with Crippen LogP contribution in [0.2, 0.25) is 0 Å². The van der Waals surface area contributed by atoms with E-state index >= 15 is 0 Å². The van der Waals surface area contributed by atoms with Crippen molar-refractivity contribution in [1.82, 2.24) is 4.90 Å². The summed E-state index contributed by atoms with van der Waals surface area (Å²) < 4.78 is 14.8. The van der Waals surface area contributed by atoms with E-state index in [0.717, 1.165) is 41.7 Å². The average molecular weight is 453 g/mol. The van der Waals surface area contributed by atoms with Gasteiger partial charge in [0, 0.05) is 41.4 Å². The molecule has 1 heterocycles. The van der Waals surface area contributed by atoms with E-state index < -0.39 is 11.9 Å². The van der Waals surface area contributed by atoms with Crippen LogP contribution in [0.25, 0.3) is 0 Å². The predicted molar refractivity (Wildman–Crippen MR) is 108 cm³/mol. The minimum absolute atomic E-state index is 0.0994. The lowest BCUT2D eigenvalue weighted by Crippen LogP contribution is -2.38. The third-order valence-corrected chi connectivity index (χ3v) is 4.87. The summed E-state index contributed by atoms with van der Waals surface area (Å²) in [5.74, 6) is -3.75. The number of aliphatic carboxylic acids is 2. The smallest absolute Gasteiger partial charge is 0.414 e. The maximum atomic E-state index is 13.7. The van der Waals surface area contributed by atoms with Crippen molar-refractivity contribution in [3.05, 3.63) is 64.4 Å². The predicted octanol–water partition coefficient (Wildman–Crippen LogP) is 3.82. The quantitative estimate of drug-likeness (QED) is 0.610. The molecule has 0 atom stereocenters. The zero-order valence-corrected chi connectivity index (χ0v) is 16.7. The van der Waals surface area contributed by atoms with Gasteiger partial charge in [-0.3, -0.25) is 4.90 Å². The van der Waals surface area contributed by atoms with Crippen LogP contribution in [0.5, 0.6) is 0 Å². The molecule has 1 saturated heterocycles. The molecular formula is C20H22BrFN2O4. The third-order valence-electron chi connectivity index (χ3n) is 4.34. The molecule has 0 bridgehead atoms. The number of nitrogens with one attached hydrogen (secondary N) is 1. The molecule has 0 unspecified atom stereocenters. The summed E-state index contributed by atoms with van der Waals surface area (Å²) in [5, 5.41) is 18.4. The van der Waals surface area contributed by atoms with Crippen LogP contribution in [-0.2, 0) is 16.1 Å². The standard InChI is InChI=1S/C18H20BrFN2.C2H2O4/c19-15-5-7-16(8-6-15)21-17-9-11-22(12-10-17)13-14-3-1-2-4-18(14)20;3-1(4)2(5)6/h1-8,17,21H,9-13H2;(H,3,4)(H,5,6). The fraction of sp³-hybridized carbons (Fsp3) is 0.300. The van der Waals surface area contributed by atoms with Gasteiger partial charge in [-0.15, -0.1) is 0 Å². The van der Waals surface area contributed by atoms with Crippen molar-refractivity contribution in [2.75, 3.05) is 18.4 Å². The van der Waals surface area contributed by atoms with Crippen molar-refractivity contribution in [2.45, 2.75) is 25.4 Å². The van der Waals surface area contributed by atoms with E-state index in [4.69, 9.17) is 19.8 Å². The van der Waals surface area contributed by atoms with Crippen molar-refractivity contribution in [1.29, 1.82) is 0 Å². The highest BCUT2D eigenvalue weighted by Gasteiger charge is 2.19. The molecule has 0 aromatic heterocycles. The topological polar surface area (TPSA) is 89.9 Å². The van der Waals surface area contributed by atoms with E-state index in [-0.39, 0.29) is 5.82 Å². The van der Waals surface area contributed by atoms with Gasteiger partial charge in [0.15, 0.2) is 0 Å². The summed E-state index contributed by atoms with van der Waals surface area (Å²) in [6, 6.07) is 15.8. The summed E-state index contributed by atoms with van der Waals surface area (Å²) in [7, 11) is 0. The van der Waals surface area contributed by atoms with E-state index in [1.807, 2.05) is 12.1 Å². The second-order valence-corrected chi connectivity index (χ2v) is 7.32. The number of benzene rings is 2. The van der Waals surface area contributed by atoms with Crippen molar-refractivity contribution in [3.8, 4) is 0 Å². The Morgan fingerprint density at radius 2 is 1.61 bits per heavy atom. The highest BCUT2D eigenvalue weighted by Crippen LogP contribution is 2.20. The Morgan fingerprint density at radius 1 is 1.04 bits per heavy atom. The molecule has 1 aliphatic heterocycles. The molecule has 6 nitrogen and oxygen atoms in total. The van der Waals surface area contributed by atoms with Crippen molar-refractivity contribution in [3.63, 3.8) is 0 Å². The molecule has 0 amide bonds. The summed E-state index contributed by atoms with van der Waals surface area (Å²) >= 11 is 3.45. The molecule has 28 heavy (non-hydrogen) atoms. The lowest BCUT2D eigenvalue weighted by atomic mass is 10.0. The van der Waals surface area contributed by atoms with Gasteiger partial charge in [-0.25, -0.2) is 14.0 Å². The Hall–Kier alpha value is -2.45. The monoisotopic (exact) mass is 452 g/mol. The van der Waals surface area contributed by atoms with E-state index in [2.05, 4.69) is 50.4 Å². The number of nitrogens with zero attached hydrogens (tertiary/aromatic N) is 1. The number of rotatable bonds is 4. The van der Waals surface area contributed by atoms with Gasteiger partial charge >= 0.3 is 11.9 Å². The summed E-state index contributed by atoms with van der Waals surface area (Å²) in [6.45, 7) is 2.71. The Labute approximate surface area is 171 Å². The molecule has 1 fully saturated rings. The maximum absolute atomic E-state index is 13.7. The maximum Gasteiger partial charge on any atom is 0.414 e. The lowest BCUT2D eigenvalue weighted by Gasteiger charge is -2.33. The molecule has 3 rings (SSSR count). The number of carboxylic acids is 2. The largest absolute Gasteiger partial charge is 0.473 e. The van der Waals surface area contributed by atoms with Gasteiger partial charge in [0.1, 0.15) is 5.82 Å². The van der Waals surface area contributed by atoms with Crippen LogP contribution in [0.4, 0.5) is 10.1 Å². The van der Waals surface area contributed by atoms with Crippen LogP contribution in [0, 0.1) is 5.82 Å². The first kappa shape index (κ1) is 21.8. The van der Waals surface area contributed by atoms with Gasteiger partial charge in [-0.2, -0.15) is 0 Å². The van der Waals surface area contributed by atoms with E-state index in [1.54, 1.807) is 6.07 Å². The van der Waals surface area contributed by atoms with Crippen molar-refractivity contribution >= 4 is 33.6 Å². The van der Waals surface area contributed by atoms with E-state index in [0.29, 0.717) is 12.6 Å². The van der Waals surface area contributed by atoms with Gasteiger partial charge in [-0.05, 0) is 43.2 Å². The Balaban J connectivity index is 0.000000409. The number of hydrogen-bond donors (Lipinski definition) is 3. The number of piperidine rings is 1. The molecule has 8 heteroatoms. The fourth-order valence-electron chi connectivity index (χ4n) is 2.88. The van der Waals surface area contributed by atoms with Gasteiger partial charge in [0.2, 0.25) is 0 Å². The Kier molecular flexibility index (Phi) is 8.41. The van der Waals surface area contributed by atoms with Crippen LogP contribution in [0.3, 0.4) is 0 Å². The highest BCUT2D eigenvalue weighted by molar-refractivity contribution is 9.10. The minimum Gasteiger partial charge on any atom is -0.473 e. The van der Waals surface area contributed by atoms with Crippen molar-refractivity contribution < 1.29 is 24.2 Å². The molecule has 0 spiro atoms. The molecule has 0 aliphatic carbocycles. The fourth-order valence-corrected chi connectivity index (χ4v) is 3.15. The Morgan fingerprint density at radius 3 is 2.14 bits per heavy atom. The molecular weight excluding hydrogens is 431 g/mol. The highest BCUT2D eigenvalue weighted by atomic mass is 79.9. The number of likely N-dealkylation sites (tertiary alicyclic amines) is 1. The second kappa shape index (κ2) is 10.8. The van der Waals surface area contributed by atoms with Gasteiger partial charge < -0.3 is 15.5 Å². The molecule has 3 N–H and O–H groups in total. The lowest BCUT2D eigenvalue weighted by molar-refractivity contribution is -0.159. The molecule has 0 saturated carbocycles. The van der Waals surface area contributed by atoms with Crippen LogP contribution in [0.1, 0.15) is 18.4 Å². The number of hydrogen-bond acceptors (Lipinski definition) is 4. The second-order valence-electron chi connectivity index (χ2n) is 6.40. The van der Waals surface area contributed by atoms with Gasteiger partial charge in [0.05, 0.1) is 0 Å². The van der Waals surface area contributed by atoms with E-state index in [9.17, 15) is 4.39 Å². The summed E-state index contributed by atoms with van der Waals surface area (Å²) in [5.41, 5.74) is 1.96. The number of halogens is 2. The molecule has 1 aliphatic rings. The first-order valence-corrected chi connectivity index (χ1v) is 9.58. The van der Waals surface area contributed by atoms with Crippen LogP contribution < -0.4 is 5.32 Å². The number of anilines is 1. The zero-order valence-electron chi connectivity index (χ0n) is 15.1.